The number of piperazine rings is 1. The van der Waals surface area contributed by atoms with Gasteiger partial charge in [0.15, 0.2) is 0 Å². The van der Waals surface area contributed by atoms with E-state index in [1.807, 2.05) is 70.5 Å². The van der Waals surface area contributed by atoms with Crippen LogP contribution in [0.25, 0.3) is 0 Å². The third-order valence-electron chi connectivity index (χ3n) is 7.32. The van der Waals surface area contributed by atoms with E-state index >= 15 is 0 Å². The van der Waals surface area contributed by atoms with Gasteiger partial charge in [0.25, 0.3) is 11.8 Å². The smallest absolute Gasteiger partial charge is 0.255 e. The van der Waals surface area contributed by atoms with Gasteiger partial charge in [0.05, 0.1) is 17.8 Å². The van der Waals surface area contributed by atoms with E-state index in [2.05, 4.69) is 15.5 Å². The number of carbonyl (C=O) groups is 3. The molecule has 0 radical (unpaired) electrons. The Morgan fingerprint density at radius 3 is 2.18 bits per heavy atom. The Balaban J connectivity index is 1.35. The first-order valence-corrected chi connectivity index (χ1v) is 13.7. The normalized spacial score (nSPS) is 15.9. The number of nitrogens with one attached hydrogen (secondary N) is 2. The van der Waals surface area contributed by atoms with E-state index < -0.39 is 0 Å². The van der Waals surface area contributed by atoms with Gasteiger partial charge in [0.2, 0.25) is 5.91 Å². The van der Waals surface area contributed by atoms with E-state index in [-0.39, 0.29) is 17.7 Å². The molecule has 0 bridgehead atoms. The summed E-state index contributed by atoms with van der Waals surface area (Å²) < 4.78 is 0. The van der Waals surface area contributed by atoms with Crippen molar-refractivity contribution < 1.29 is 14.4 Å². The van der Waals surface area contributed by atoms with Crippen molar-refractivity contribution in [1.82, 2.24) is 15.1 Å². The molecule has 39 heavy (non-hydrogen) atoms. The quantitative estimate of drug-likeness (QED) is 0.516. The van der Waals surface area contributed by atoms with Crippen molar-refractivity contribution >= 4 is 29.1 Å². The molecule has 0 aromatic heterocycles. The second kappa shape index (κ2) is 12.6. The molecule has 8 heteroatoms. The predicted molar refractivity (Wildman–Crippen MR) is 153 cm³/mol. The SMILES string of the molecule is O=C(Nc1cc(C(=O)N2CCNCC2)ccc1N1CCCN(C(=O)Cc2ccccc2)CC1)c1ccccc1. The van der Waals surface area contributed by atoms with Crippen LogP contribution in [-0.4, -0.2) is 79.9 Å². The highest BCUT2D eigenvalue weighted by Crippen LogP contribution is 2.30. The van der Waals surface area contributed by atoms with Gasteiger partial charge in [-0.05, 0) is 42.3 Å². The summed E-state index contributed by atoms with van der Waals surface area (Å²) in [5.41, 5.74) is 3.58. The number of hydrogen-bond donors (Lipinski definition) is 2. The van der Waals surface area contributed by atoms with Crippen molar-refractivity contribution in [2.75, 3.05) is 62.6 Å². The molecule has 2 saturated heterocycles. The minimum Gasteiger partial charge on any atom is -0.368 e. The van der Waals surface area contributed by atoms with E-state index in [0.717, 1.165) is 37.3 Å². The third kappa shape index (κ3) is 6.64. The van der Waals surface area contributed by atoms with Crippen LogP contribution in [0.5, 0.6) is 0 Å². The van der Waals surface area contributed by atoms with Crippen LogP contribution < -0.4 is 15.5 Å². The molecule has 2 aliphatic heterocycles. The summed E-state index contributed by atoms with van der Waals surface area (Å²) in [6.07, 6.45) is 1.20. The van der Waals surface area contributed by atoms with Crippen LogP contribution in [0.2, 0.25) is 0 Å². The Morgan fingerprint density at radius 1 is 0.718 bits per heavy atom. The predicted octanol–water partition coefficient (Wildman–Crippen LogP) is 3.27. The van der Waals surface area contributed by atoms with Gasteiger partial charge in [-0.15, -0.1) is 0 Å². The largest absolute Gasteiger partial charge is 0.368 e. The van der Waals surface area contributed by atoms with Crippen molar-refractivity contribution in [3.8, 4) is 0 Å². The van der Waals surface area contributed by atoms with E-state index in [0.29, 0.717) is 56.0 Å². The molecule has 0 unspecified atom stereocenters. The van der Waals surface area contributed by atoms with Crippen LogP contribution in [0.1, 0.15) is 32.7 Å². The zero-order chi connectivity index (χ0) is 27.0. The summed E-state index contributed by atoms with van der Waals surface area (Å²) in [7, 11) is 0. The van der Waals surface area contributed by atoms with Gasteiger partial charge >= 0.3 is 0 Å². The molecule has 202 valence electrons. The van der Waals surface area contributed by atoms with Crippen molar-refractivity contribution in [3.63, 3.8) is 0 Å². The number of anilines is 2. The number of hydrogen-bond acceptors (Lipinski definition) is 5. The lowest BCUT2D eigenvalue weighted by atomic mass is 10.1. The Hall–Kier alpha value is -4.17. The Kier molecular flexibility index (Phi) is 8.53. The summed E-state index contributed by atoms with van der Waals surface area (Å²) in [6, 6.07) is 24.5. The van der Waals surface area contributed by atoms with Gasteiger partial charge in [-0.3, -0.25) is 14.4 Å². The topological polar surface area (TPSA) is 85.0 Å². The number of carbonyl (C=O) groups excluding carboxylic acids is 3. The lowest BCUT2D eigenvalue weighted by Gasteiger charge is -2.29. The zero-order valence-electron chi connectivity index (χ0n) is 22.1. The number of nitrogens with zero attached hydrogens (tertiary/aromatic N) is 3. The second-order valence-corrected chi connectivity index (χ2v) is 9.98. The summed E-state index contributed by atoms with van der Waals surface area (Å²) in [5.74, 6) is -0.137. The minimum atomic E-state index is -0.224. The number of benzene rings is 3. The lowest BCUT2D eigenvalue weighted by molar-refractivity contribution is -0.130. The first-order valence-electron chi connectivity index (χ1n) is 13.7. The van der Waals surface area contributed by atoms with Gasteiger partial charge < -0.3 is 25.3 Å². The molecule has 3 aromatic carbocycles. The van der Waals surface area contributed by atoms with Crippen LogP contribution >= 0.6 is 0 Å². The molecule has 3 amide bonds. The molecule has 2 fully saturated rings. The first kappa shape index (κ1) is 26.4. The molecule has 3 aromatic rings. The van der Waals surface area contributed by atoms with E-state index in [9.17, 15) is 14.4 Å². The van der Waals surface area contributed by atoms with Crippen molar-refractivity contribution in [3.05, 3.63) is 95.6 Å². The molecule has 8 nitrogen and oxygen atoms in total. The van der Waals surface area contributed by atoms with Gasteiger partial charge in [0.1, 0.15) is 0 Å². The van der Waals surface area contributed by atoms with Gasteiger partial charge in [0, 0.05) is 63.5 Å². The summed E-state index contributed by atoms with van der Waals surface area (Å²) in [6.45, 7) is 5.53. The molecular formula is C31H35N5O3. The highest BCUT2D eigenvalue weighted by atomic mass is 16.2. The molecule has 0 saturated carbocycles. The third-order valence-corrected chi connectivity index (χ3v) is 7.32. The molecule has 2 aliphatic rings. The van der Waals surface area contributed by atoms with Crippen LogP contribution in [0, 0.1) is 0 Å². The maximum absolute atomic E-state index is 13.2. The summed E-state index contributed by atoms with van der Waals surface area (Å²) >= 11 is 0. The summed E-state index contributed by atoms with van der Waals surface area (Å²) in [5, 5.41) is 6.34. The zero-order valence-corrected chi connectivity index (χ0v) is 22.1. The van der Waals surface area contributed by atoms with Crippen LogP contribution in [0.4, 0.5) is 11.4 Å². The molecule has 2 heterocycles. The Labute approximate surface area is 229 Å². The van der Waals surface area contributed by atoms with Crippen LogP contribution in [-0.2, 0) is 11.2 Å². The molecule has 0 spiro atoms. The van der Waals surface area contributed by atoms with Crippen molar-refractivity contribution in [1.29, 1.82) is 0 Å². The maximum Gasteiger partial charge on any atom is 0.255 e. The van der Waals surface area contributed by atoms with Crippen LogP contribution in [0.15, 0.2) is 78.9 Å². The Bertz CT molecular complexity index is 1290. The fourth-order valence-electron chi connectivity index (χ4n) is 5.17. The minimum absolute atomic E-state index is 0.0354. The second-order valence-electron chi connectivity index (χ2n) is 9.98. The number of amides is 3. The first-order chi connectivity index (χ1) is 19.1. The molecule has 0 atom stereocenters. The van der Waals surface area contributed by atoms with Crippen LogP contribution in [0.3, 0.4) is 0 Å². The molecular weight excluding hydrogens is 490 g/mol. The summed E-state index contributed by atoms with van der Waals surface area (Å²) in [4.78, 5) is 45.4. The van der Waals surface area contributed by atoms with E-state index in [4.69, 9.17) is 0 Å². The number of rotatable bonds is 6. The molecule has 5 rings (SSSR count). The Morgan fingerprint density at radius 2 is 1.44 bits per heavy atom. The van der Waals surface area contributed by atoms with E-state index in [1.54, 1.807) is 18.2 Å². The van der Waals surface area contributed by atoms with Gasteiger partial charge in [-0.25, -0.2) is 0 Å². The maximum atomic E-state index is 13.2. The highest BCUT2D eigenvalue weighted by Gasteiger charge is 2.24. The van der Waals surface area contributed by atoms with Gasteiger partial charge in [-0.1, -0.05) is 48.5 Å². The van der Waals surface area contributed by atoms with E-state index in [1.165, 1.54) is 0 Å². The van der Waals surface area contributed by atoms with Gasteiger partial charge in [-0.2, -0.15) is 0 Å². The molecule has 0 aliphatic carbocycles. The lowest BCUT2D eigenvalue weighted by Crippen LogP contribution is -2.46. The average molecular weight is 526 g/mol. The standard InChI is InChI=1S/C31H35N5O3/c37-29(22-24-8-3-1-4-9-24)35-17-7-16-34(20-21-35)28-13-12-26(31(39)36-18-14-32-15-19-36)23-27(28)33-30(38)25-10-5-2-6-11-25/h1-6,8-13,23,32H,7,14-22H2,(H,33,38). The van der Waals surface area contributed by atoms with Crippen molar-refractivity contribution in [2.45, 2.75) is 12.8 Å². The average Bonchev–Trinajstić information content (AvgIpc) is 3.25. The fraction of sp³-hybridized carbons (Fsp3) is 0.323. The highest BCUT2D eigenvalue weighted by molar-refractivity contribution is 6.07. The molecule has 2 N–H and O–H groups in total. The monoisotopic (exact) mass is 525 g/mol. The van der Waals surface area contributed by atoms with Crippen molar-refractivity contribution in [2.24, 2.45) is 0 Å². The fourth-order valence-corrected chi connectivity index (χ4v) is 5.17.